The van der Waals surface area contributed by atoms with Gasteiger partial charge in [-0.3, -0.25) is 9.59 Å². The summed E-state index contributed by atoms with van der Waals surface area (Å²) in [7, 11) is 1.63. The highest BCUT2D eigenvalue weighted by atomic mass is 16.5. The molecule has 3 rings (SSSR count). The number of benzene rings is 1. The van der Waals surface area contributed by atoms with Crippen LogP contribution in [0.2, 0.25) is 0 Å². The summed E-state index contributed by atoms with van der Waals surface area (Å²) in [5.74, 6) is 0.550. The number of hydrogen-bond donors (Lipinski definition) is 1. The molecule has 1 N–H and O–H groups in total. The minimum atomic E-state index is -0.254. The molecule has 1 aromatic carbocycles. The lowest BCUT2D eigenvalue weighted by Gasteiger charge is -2.17. The average Bonchev–Trinajstić information content (AvgIpc) is 3.26. The van der Waals surface area contributed by atoms with E-state index in [-0.39, 0.29) is 23.8 Å². The molecule has 2 fully saturated rings. The third-order valence-electron chi connectivity index (χ3n) is 4.91. The number of methoxy groups -OCH3 is 1. The van der Waals surface area contributed by atoms with Gasteiger partial charge in [-0.25, -0.2) is 0 Å². The zero-order valence-electron chi connectivity index (χ0n) is 14.7. The van der Waals surface area contributed by atoms with Crippen LogP contribution in [0.4, 0.5) is 0 Å². The van der Waals surface area contributed by atoms with Crippen LogP contribution in [0.25, 0.3) is 0 Å². The van der Waals surface area contributed by atoms with Crippen LogP contribution in [-0.4, -0.2) is 49.6 Å². The van der Waals surface area contributed by atoms with Crippen LogP contribution < -0.4 is 10.1 Å². The van der Waals surface area contributed by atoms with E-state index in [1.807, 2.05) is 24.3 Å². The van der Waals surface area contributed by atoms with E-state index in [4.69, 9.17) is 9.47 Å². The van der Waals surface area contributed by atoms with E-state index in [0.29, 0.717) is 26.1 Å². The van der Waals surface area contributed by atoms with Gasteiger partial charge in [-0.15, -0.1) is 0 Å². The molecular weight excluding hydrogens is 320 g/mol. The zero-order chi connectivity index (χ0) is 17.6. The van der Waals surface area contributed by atoms with Crippen molar-refractivity contribution >= 4 is 11.8 Å². The molecule has 6 heteroatoms. The highest BCUT2D eigenvalue weighted by Crippen LogP contribution is 2.22. The summed E-state index contributed by atoms with van der Waals surface area (Å²) in [5, 5.41) is 2.96. The molecular formula is C19H26N2O4. The predicted octanol–water partition coefficient (Wildman–Crippen LogP) is 1.73. The van der Waals surface area contributed by atoms with E-state index in [1.54, 1.807) is 12.0 Å². The van der Waals surface area contributed by atoms with Crippen molar-refractivity contribution in [3.8, 4) is 5.75 Å². The van der Waals surface area contributed by atoms with Gasteiger partial charge < -0.3 is 19.7 Å². The van der Waals surface area contributed by atoms with Crippen molar-refractivity contribution in [1.29, 1.82) is 0 Å². The highest BCUT2D eigenvalue weighted by Gasteiger charge is 2.34. The van der Waals surface area contributed by atoms with Crippen molar-refractivity contribution in [2.45, 2.75) is 38.3 Å². The fourth-order valence-corrected chi connectivity index (χ4v) is 3.42. The van der Waals surface area contributed by atoms with Gasteiger partial charge >= 0.3 is 0 Å². The van der Waals surface area contributed by atoms with E-state index < -0.39 is 0 Å². The number of carbonyl (C=O) groups is 2. The molecule has 2 unspecified atom stereocenters. The van der Waals surface area contributed by atoms with Crippen LogP contribution in [0.3, 0.4) is 0 Å². The van der Waals surface area contributed by atoms with Gasteiger partial charge in [0.05, 0.1) is 19.1 Å². The van der Waals surface area contributed by atoms with E-state index in [9.17, 15) is 9.59 Å². The Balaban J connectivity index is 1.44. The topological polar surface area (TPSA) is 67.9 Å². The van der Waals surface area contributed by atoms with Crippen LogP contribution in [-0.2, 0) is 20.9 Å². The van der Waals surface area contributed by atoms with Crippen molar-refractivity contribution in [2.75, 3.05) is 26.8 Å². The van der Waals surface area contributed by atoms with Gasteiger partial charge in [-0.1, -0.05) is 12.1 Å². The summed E-state index contributed by atoms with van der Waals surface area (Å²) in [6.45, 7) is 2.46. The molecule has 0 spiro atoms. The molecule has 0 bridgehead atoms. The van der Waals surface area contributed by atoms with Gasteiger partial charge in [0.2, 0.25) is 11.8 Å². The summed E-state index contributed by atoms with van der Waals surface area (Å²) in [6.07, 6.45) is 3.60. The maximum atomic E-state index is 12.3. The normalized spacial score (nSPS) is 23.1. The number of amides is 2. The number of likely N-dealkylation sites (tertiary alicyclic amines) is 1. The van der Waals surface area contributed by atoms with Crippen LogP contribution >= 0.6 is 0 Å². The standard InChI is InChI=1S/C19H26N2O4/c1-24-16-6-4-14(5-7-16)12-21-13-15(11-18(21)22)19(23)20-9-8-17-3-2-10-25-17/h4-7,15,17H,2-3,8-13H2,1H3,(H,20,23). The van der Waals surface area contributed by atoms with Crippen molar-refractivity contribution in [1.82, 2.24) is 10.2 Å². The molecule has 0 saturated carbocycles. The second-order valence-electron chi connectivity index (χ2n) is 6.74. The summed E-state index contributed by atoms with van der Waals surface area (Å²) in [4.78, 5) is 26.3. The van der Waals surface area contributed by atoms with E-state index in [2.05, 4.69) is 5.32 Å². The number of rotatable bonds is 7. The zero-order valence-corrected chi connectivity index (χ0v) is 14.7. The fourth-order valence-electron chi connectivity index (χ4n) is 3.42. The second-order valence-corrected chi connectivity index (χ2v) is 6.74. The van der Waals surface area contributed by atoms with E-state index in [0.717, 1.165) is 37.2 Å². The maximum Gasteiger partial charge on any atom is 0.225 e. The van der Waals surface area contributed by atoms with Gasteiger partial charge in [-0.05, 0) is 37.0 Å². The van der Waals surface area contributed by atoms with Crippen LogP contribution in [0.1, 0.15) is 31.2 Å². The van der Waals surface area contributed by atoms with Gasteiger partial charge in [0, 0.05) is 32.7 Å². The van der Waals surface area contributed by atoms with Crippen molar-refractivity contribution in [2.24, 2.45) is 5.92 Å². The van der Waals surface area contributed by atoms with E-state index in [1.165, 1.54) is 0 Å². The molecule has 2 saturated heterocycles. The number of carbonyl (C=O) groups excluding carboxylic acids is 2. The molecule has 136 valence electrons. The van der Waals surface area contributed by atoms with Crippen LogP contribution in [0.15, 0.2) is 24.3 Å². The average molecular weight is 346 g/mol. The number of ether oxygens (including phenoxy) is 2. The minimum Gasteiger partial charge on any atom is -0.497 e. The third kappa shape index (κ3) is 4.72. The molecule has 0 radical (unpaired) electrons. The first-order valence-electron chi connectivity index (χ1n) is 8.95. The van der Waals surface area contributed by atoms with Gasteiger partial charge in [0.15, 0.2) is 0 Å². The van der Waals surface area contributed by atoms with Crippen LogP contribution in [0.5, 0.6) is 5.75 Å². The lowest BCUT2D eigenvalue weighted by molar-refractivity contribution is -0.129. The quantitative estimate of drug-likeness (QED) is 0.816. The fraction of sp³-hybridized carbons (Fsp3) is 0.579. The predicted molar refractivity (Wildman–Crippen MR) is 93.1 cm³/mol. The van der Waals surface area contributed by atoms with Crippen molar-refractivity contribution in [3.05, 3.63) is 29.8 Å². The molecule has 2 amide bonds. The first-order chi connectivity index (χ1) is 12.2. The Bertz CT molecular complexity index is 596. The summed E-state index contributed by atoms with van der Waals surface area (Å²) >= 11 is 0. The van der Waals surface area contributed by atoms with Crippen LogP contribution in [0, 0.1) is 5.92 Å². The Kier molecular flexibility index (Phi) is 5.91. The maximum absolute atomic E-state index is 12.3. The van der Waals surface area contributed by atoms with E-state index >= 15 is 0 Å². The Morgan fingerprint density at radius 2 is 2.16 bits per heavy atom. The molecule has 0 aliphatic carbocycles. The molecule has 2 aliphatic heterocycles. The first-order valence-corrected chi connectivity index (χ1v) is 8.95. The Morgan fingerprint density at radius 1 is 1.36 bits per heavy atom. The summed E-state index contributed by atoms with van der Waals surface area (Å²) < 4.78 is 10.7. The number of hydrogen-bond acceptors (Lipinski definition) is 4. The molecule has 1 aromatic rings. The number of nitrogens with zero attached hydrogens (tertiary/aromatic N) is 1. The monoisotopic (exact) mass is 346 g/mol. The van der Waals surface area contributed by atoms with Gasteiger partial charge in [0.25, 0.3) is 0 Å². The molecule has 2 atom stereocenters. The van der Waals surface area contributed by atoms with Gasteiger partial charge in [-0.2, -0.15) is 0 Å². The number of nitrogens with one attached hydrogen (secondary N) is 1. The van der Waals surface area contributed by atoms with Crippen molar-refractivity contribution in [3.63, 3.8) is 0 Å². The van der Waals surface area contributed by atoms with Crippen molar-refractivity contribution < 1.29 is 19.1 Å². The third-order valence-corrected chi connectivity index (χ3v) is 4.91. The van der Waals surface area contributed by atoms with Gasteiger partial charge in [0.1, 0.15) is 5.75 Å². The smallest absolute Gasteiger partial charge is 0.225 e. The molecule has 2 aliphatic rings. The Hall–Kier alpha value is -2.08. The SMILES string of the molecule is COc1ccc(CN2CC(C(=O)NCCC3CCCO3)CC2=O)cc1. The highest BCUT2D eigenvalue weighted by molar-refractivity contribution is 5.89. The molecule has 0 aromatic heterocycles. The first kappa shape index (κ1) is 17.7. The summed E-state index contributed by atoms with van der Waals surface area (Å²) in [5.41, 5.74) is 1.04. The molecule has 25 heavy (non-hydrogen) atoms. The summed E-state index contributed by atoms with van der Waals surface area (Å²) in [6, 6.07) is 7.65. The minimum absolute atomic E-state index is 0.0245. The second kappa shape index (κ2) is 8.34. The lowest BCUT2D eigenvalue weighted by Crippen LogP contribution is -2.34. The Morgan fingerprint density at radius 3 is 2.84 bits per heavy atom. The largest absolute Gasteiger partial charge is 0.497 e. The lowest BCUT2D eigenvalue weighted by atomic mass is 10.1. The molecule has 2 heterocycles. The Labute approximate surface area is 148 Å². The molecule has 6 nitrogen and oxygen atoms in total.